The molecule has 136 valence electrons. The maximum Gasteiger partial charge on any atom is 0.340 e. The van der Waals surface area contributed by atoms with Gasteiger partial charge in [-0.1, -0.05) is 25.0 Å². The molecule has 7 nitrogen and oxygen atoms in total. The molecule has 0 unspecified atom stereocenters. The molecule has 2 aromatic rings. The van der Waals surface area contributed by atoms with Crippen LogP contribution >= 0.6 is 0 Å². The molecular weight excluding hydrogens is 332 g/mol. The summed E-state index contributed by atoms with van der Waals surface area (Å²) in [6.07, 6.45) is 7.71. The van der Waals surface area contributed by atoms with Crippen molar-refractivity contribution in [2.24, 2.45) is 0 Å². The molecule has 1 aliphatic rings. The Balaban J connectivity index is 1.67. The van der Waals surface area contributed by atoms with E-state index < -0.39 is 11.9 Å². The fourth-order valence-electron chi connectivity index (χ4n) is 2.96. The van der Waals surface area contributed by atoms with Gasteiger partial charge in [0.05, 0.1) is 30.3 Å². The smallest absolute Gasteiger partial charge is 0.340 e. The first-order valence-electron chi connectivity index (χ1n) is 8.83. The van der Waals surface area contributed by atoms with Crippen molar-refractivity contribution < 1.29 is 14.3 Å². The molecule has 0 saturated heterocycles. The second-order valence-electron chi connectivity index (χ2n) is 6.13. The van der Waals surface area contributed by atoms with Gasteiger partial charge in [-0.25, -0.2) is 14.8 Å². The van der Waals surface area contributed by atoms with Crippen molar-refractivity contribution in [1.82, 2.24) is 9.97 Å². The van der Waals surface area contributed by atoms with E-state index in [9.17, 15) is 9.59 Å². The molecule has 3 rings (SSSR count). The van der Waals surface area contributed by atoms with Crippen LogP contribution < -0.4 is 10.6 Å². The summed E-state index contributed by atoms with van der Waals surface area (Å²) >= 11 is 0. The number of nitrogens with one attached hydrogen (secondary N) is 2. The van der Waals surface area contributed by atoms with Gasteiger partial charge < -0.3 is 15.4 Å². The molecule has 0 spiro atoms. The molecule has 1 amide bonds. The predicted molar refractivity (Wildman–Crippen MR) is 98.3 cm³/mol. The van der Waals surface area contributed by atoms with Gasteiger partial charge >= 0.3 is 5.97 Å². The maximum absolute atomic E-state index is 12.4. The monoisotopic (exact) mass is 354 g/mol. The van der Waals surface area contributed by atoms with E-state index in [1.165, 1.54) is 19.0 Å². The summed E-state index contributed by atoms with van der Waals surface area (Å²) in [5.41, 5.74) is 0.863. The van der Waals surface area contributed by atoms with Crippen LogP contribution in [-0.4, -0.2) is 34.5 Å². The van der Waals surface area contributed by atoms with Crippen molar-refractivity contribution in [3.8, 4) is 0 Å². The quantitative estimate of drug-likeness (QED) is 0.774. The Kier molecular flexibility index (Phi) is 5.78. The Hall–Kier alpha value is -2.96. The number of amides is 1. The van der Waals surface area contributed by atoms with E-state index in [4.69, 9.17) is 4.74 Å². The van der Waals surface area contributed by atoms with Gasteiger partial charge in [-0.05, 0) is 31.9 Å². The van der Waals surface area contributed by atoms with E-state index in [1.54, 1.807) is 37.4 Å². The van der Waals surface area contributed by atoms with Crippen LogP contribution in [0.3, 0.4) is 0 Å². The standard InChI is InChI=1S/C19H22N4O3/c1-2-26-19(25)14-9-5-6-10-15(14)23-18(24)16-11-21-17(12-20-16)22-13-7-3-4-8-13/h5-6,9-13H,2-4,7-8H2,1H3,(H,21,22)(H,23,24). The van der Waals surface area contributed by atoms with Gasteiger partial charge in [0.25, 0.3) is 5.91 Å². The predicted octanol–water partition coefficient (Wildman–Crippen LogP) is 3.26. The van der Waals surface area contributed by atoms with Crippen LogP contribution in [0.1, 0.15) is 53.5 Å². The lowest BCUT2D eigenvalue weighted by atomic mass is 10.1. The van der Waals surface area contributed by atoms with E-state index in [0.717, 1.165) is 12.8 Å². The molecular formula is C19H22N4O3. The average Bonchev–Trinajstić information content (AvgIpc) is 3.16. The van der Waals surface area contributed by atoms with Gasteiger partial charge in [0.1, 0.15) is 11.5 Å². The molecule has 1 fully saturated rings. The minimum Gasteiger partial charge on any atom is -0.462 e. The van der Waals surface area contributed by atoms with Crippen molar-refractivity contribution in [1.29, 1.82) is 0 Å². The molecule has 0 aliphatic heterocycles. The number of hydrogen-bond acceptors (Lipinski definition) is 6. The Morgan fingerprint density at radius 2 is 1.92 bits per heavy atom. The fraction of sp³-hybridized carbons (Fsp3) is 0.368. The molecule has 1 aromatic heterocycles. The lowest BCUT2D eigenvalue weighted by molar-refractivity contribution is 0.0527. The highest BCUT2D eigenvalue weighted by Gasteiger charge is 2.17. The largest absolute Gasteiger partial charge is 0.462 e. The first-order valence-corrected chi connectivity index (χ1v) is 8.83. The number of para-hydroxylation sites is 1. The minimum absolute atomic E-state index is 0.181. The summed E-state index contributed by atoms with van der Waals surface area (Å²) in [4.78, 5) is 32.8. The number of esters is 1. The molecule has 1 aromatic carbocycles. The first-order chi connectivity index (χ1) is 12.7. The fourth-order valence-corrected chi connectivity index (χ4v) is 2.96. The van der Waals surface area contributed by atoms with Crippen LogP contribution in [0.25, 0.3) is 0 Å². The van der Waals surface area contributed by atoms with E-state index in [2.05, 4.69) is 20.6 Å². The van der Waals surface area contributed by atoms with E-state index in [1.807, 2.05) is 0 Å². The maximum atomic E-state index is 12.4. The second-order valence-corrected chi connectivity index (χ2v) is 6.13. The first kappa shape index (κ1) is 17.8. The van der Waals surface area contributed by atoms with Gasteiger partial charge in [0.2, 0.25) is 0 Å². The van der Waals surface area contributed by atoms with E-state index in [0.29, 0.717) is 23.1 Å². The summed E-state index contributed by atoms with van der Waals surface area (Å²) < 4.78 is 5.01. The lowest BCUT2D eigenvalue weighted by Crippen LogP contribution is -2.19. The lowest BCUT2D eigenvalue weighted by Gasteiger charge is -2.12. The van der Waals surface area contributed by atoms with Crippen LogP contribution in [0.15, 0.2) is 36.7 Å². The SMILES string of the molecule is CCOC(=O)c1ccccc1NC(=O)c1cnc(NC2CCCC2)cn1. The van der Waals surface area contributed by atoms with Crippen LogP contribution in [0, 0.1) is 0 Å². The Labute approximate surface area is 152 Å². The van der Waals surface area contributed by atoms with Gasteiger partial charge in [-0.15, -0.1) is 0 Å². The number of ether oxygens (including phenoxy) is 1. The molecule has 0 radical (unpaired) electrons. The number of benzene rings is 1. The molecule has 1 aliphatic carbocycles. The number of anilines is 2. The van der Waals surface area contributed by atoms with Crippen molar-refractivity contribution in [3.05, 3.63) is 47.9 Å². The third-order valence-corrected chi connectivity index (χ3v) is 4.26. The summed E-state index contributed by atoms with van der Waals surface area (Å²) in [7, 11) is 0. The normalized spacial score (nSPS) is 14.0. The molecule has 0 bridgehead atoms. The number of rotatable bonds is 6. The van der Waals surface area contributed by atoms with Crippen molar-refractivity contribution in [2.45, 2.75) is 38.6 Å². The summed E-state index contributed by atoms with van der Waals surface area (Å²) in [6, 6.07) is 7.13. The molecule has 7 heteroatoms. The minimum atomic E-state index is -0.481. The summed E-state index contributed by atoms with van der Waals surface area (Å²) in [6.45, 7) is 2.00. The van der Waals surface area contributed by atoms with Crippen LogP contribution in [0.4, 0.5) is 11.5 Å². The van der Waals surface area contributed by atoms with Gasteiger partial charge in [0, 0.05) is 6.04 Å². The Bertz CT molecular complexity index is 771. The van der Waals surface area contributed by atoms with Crippen LogP contribution in [-0.2, 0) is 4.74 Å². The molecule has 2 N–H and O–H groups in total. The van der Waals surface area contributed by atoms with Crippen molar-refractivity contribution >= 4 is 23.4 Å². The molecule has 1 heterocycles. The second kappa shape index (κ2) is 8.42. The summed E-state index contributed by atoms with van der Waals surface area (Å²) in [5.74, 6) is -0.243. The van der Waals surface area contributed by atoms with Crippen molar-refractivity contribution in [3.63, 3.8) is 0 Å². The number of carbonyl (C=O) groups excluding carboxylic acids is 2. The highest BCUT2D eigenvalue weighted by Crippen LogP contribution is 2.21. The molecule has 1 saturated carbocycles. The topological polar surface area (TPSA) is 93.2 Å². The Morgan fingerprint density at radius 3 is 2.62 bits per heavy atom. The summed E-state index contributed by atoms with van der Waals surface area (Å²) in [5, 5.41) is 6.02. The molecule has 26 heavy (non-hydrogen) atoms. The van der Waals surface area contributed by atoms with Crippen LogP contribution in [0.2, 0.25) is 0 Å². The zero-order valence-corrected chi connectivity index (χ0v) is 14.7. The third-order valence-electron chi connectivity index (χ3n) is 4.26. The van der Waals surface area contributed by atoms with Gasteiger partial charge in [-0.2, -0.15) is 0 Å². The number of aromatic nitrogens is 2. The third kappa shape index (κ3) is 4.36. The Morgan fingerprint density at radius 1 is 1.15 bits per heavy atom. The number of nitrogens with zero attached hydrogens (tertiary/aromatic N) is 2. The molecule has 0 atom stereocenters. The van der Waals surface area contributed by atoms with Crippen molar-refractivity contribution in [2.75, 3.05) is 17.2 Å². The van der Waals surface area contributed by atoms with E-state index >= 15 is 0 Å². The number of carbonyl (C=O) groups is 2. The zero-order valence-electron chi connectivity index (χ0n) is 14.7. The van der Waals surface area contributed by atoms with Gasteiger partial charge in [0.15, 0.2) is 0 Å². The number of hydrogen-bond donors (Lipinski definition) is 2. The highest BCUT2D eigenvalue weighted by atomic mass is 16.5. The van der Waals surface area contributed by atoms with Gasteiger partial charge in [-0.3, -0.25) is 4.79 Å². The average molecular weight is 354 g/mol. The zero-order chi connectivity index (χ0) is 18.4. The van der Waals surface area contributed by atoms with Crippen LogP contribution in [0.5, 0.6) is 0 Å². The van der Waals surface area contributed by atoms with E-state index in [-0.39, 0.29) is 12.3 Å². The highest BCUT2D eigenvalue weighted by molar-refractivity contribution is 6.06.